The average molecular weight is 247 g/mol. The molecule has 0 aromatic carbocycles. The minimum absolute atomic E-state index is 0.562. The monoisotopic (exact) mass is 247 g/mol. The summed E-state index contributed by atoms with van der Waals surface area (Å²) in [6, 6.07) is 4.85. The van der Waals surface area contributed by atoms with Crippen LogP contribution >= 0.6 is 0 Å². The maximum Gasteiger partial charge on any atom is 0.0364 e. The number of pyridine rings is 1. The number of unbranched alkanes of at least 4 members (excludes halogenated alkanes) is 2. The van der Waals surface area contributed by atoms with Crippen LogP contribution in [0.2, 0.25) is 0 Å². The van der Waals surface area contributed by atoms with Gasteiger partial charge in [-0.1, -0.05) is 32.3 Å². The van der Waals surface area contributed by atoms with E-state index < -0.39 is 0 Å². The predicted molar refractivity (Wildman–Crippen MR) is 75.6 cm³/mol. The Balaban J connectivity index is 2.01. The van der Waals surface area contributed by atoms with Gasteiger partial charge in [-0.25, -0.2) is 0 Å². The summed E-state index contributed by atoms with van der Waals surface area (Å²) >= 11 is 0. The van der Waals surface area contributed by atoms with Gasteiger partial charge in [0.15, 0.2) is 0 Å². The second-order valence-electron chi connectivity index (χ2n) is 5.08. The number of piperazine rings is 1. The van der Waals surface area contributed by atoms with Gasteiger partial charge in [0, 0.05) is 44.6 Å². The first kappa shape index (κ1) is 13.5. The first-order valence-electron chi connectivity index (χ1n) is 7.26. The quantitative estimate of drug-likeness (QED) is 0.783. The number of rotatable bonds is 6. The Hall–Kier alpha value is -0.930. The third kappa shape index (κ3) is 3.79. The normalized spacial score (nSPS) is 18.7. The molecular weight excluding hydrogens is 222 g/mol. The van der Waals surface area contributed by atoms with Crippen LogP contribution in [0.4, 0.5) is 0 Å². The van der Waals surface area contributed by atoms with E-state index in [-0.39, 0.29) is 0 Å². The van der Waals surface area contributed by atoms with Gasteiger partial charge < -0.3 is 5.32 Å². The van der Waals surface area contributed by atoms with E-state index in [0.717, 1.165) is 26.2 Å². The van der Waals surface area contributed by atoms with E-state index in [4.69, 9.17) is 0 Å². The molecule has 1 fully saturated rings. The lowest BCUT2D eigenvalue weighted by Gasteiger charge is -2.35. The van der Waals surface area contributed by atoms with Crippen molar-refractivity contribution in [3.05, 3.63) is 30.1 Å². The molecule has 1 aliphatic heterocycles. The topological polar surface area (TPSA) is 28.2 Å². The summed E-state index contributed by atoms with van der Waals surface area (Å²) in [7, 11) is 0. The molecule has 0 spiro atoms. The SMILES string of the molecule is CCCCC[C@H](c1cccnc1)N1CCNCC1. The van der Waals surface area contributed by atoms with E-state index in [0.29, 0.717) is 6.04 Å². The highest BCUT2D eigenvalue weighted by Gasteiger charge is 2.21. The third-order valence-electron chi connectivity index (χ3n) is 3.74. The van der Waals surface area contributed by atoms with Crippen molar-refractivity contribution in [2.24, 2.45) is 0 Å². The average Bonchev–Trinajstić information content (AvgIpc) is 2.46. The Bertz CT molecular complexity index is 320. The first-order valence-corrected chi connectivity index (χ1v) is 7.26. The molecule has 1 saturated heterocycles. The number of hydrogen-bond donors (Lipinski definition) is 1. The standard InChI is InChI=1S/C15H25N3/c1-2-3-4-7-15(14-6-5-8-17-13-14)18-11-9-16-10-12-18/h5-6,8,13,15-16H,2-4,7,9-12H2,1H3/t15-/m1/s1. The summed E-state index contributed by atoms with van der Waals surface area (Å²) in [6.07, 6.45) is 9.12. The molecule has 1 N–H and O–H groups in total. The van der Waals surface area contributed by atoms with Crippen LogP contribution in [0.5, 0.6) is 0 Å². The molecule has 3 nitrogen and oxygen atoms in total. The van der Waals surface area contributed by atoms with Crippen molar-refractivity contribution < 1.29 is 0 Å². The number of aromatic nitrogens is 1. The Morgan fingerprint density at radius 2 is 2.17 bits per heavy atom. The molecule has 0 unspecified atom stereocenters. The molecule has 3 heteroatoms. The third-order valence-corrected chi connectivity index (χ3v) is 3.74. The smallest absolute Gasteiger partial charge is 0.0364 e. The molecule has 0 radical (unpaired) electrons. The van der Waals surface area contributed by atoms with E-state index in [1.54, 1.807) is 0 Å². The maximum atomic E-state index is 4.29. The highest BCUT2D eigenvalue weighted by atomic mass is 15.2. The molecule has 2 rings (SSSR count). The number of nitrogens with zero attached hydrogens (tertiary/aromatic N) is 2. The van der Waals surface area contributed by atoms with Crippen molar-refractivity contribution in [3.63, 3.8) is 0 Å². The van der Waals surface area contributed by atoms with Crippen molar-refractivity contribution >= 4 is 0 Å². The molecule has 1 aliphatic rings. The molecule has 18 heavy (non-hydrogen) atoms. The fourth-order valence-electron chi connectivity index (χ4n) is 2.71. The molecule has 1 aromatic heterocycles. The van der Waals surface area contributed by atoms with Crippen molar-refractivity contribution in [2.75, 3.05) is 26.2 Å². The van der Waals surface area contributed by atoms with Crippen LogP contribution < -0.4 is 5.32 Å². The minimum Gasteiger partial charge on any atom is -0.314 e. The maximum absolute atomic E-state index is 4.29. The van der Waals surface area contributed by atoms with E-state index in [9.17, 15) is 0 Å². The summed E-state index contributed by atoms with van der Waals surface area (Å²) in [4.78, 5) is 6.90. The molecule has 2 heterocycles. The van der Waals surface area contributed by atoms with Gasteiger partial charge in [0.2, 0.25) is 0 Å². The fraction of sp³-hybridized carbons (Fsp3) is 0.667. The fourth-order valence-corrected chi connectivity index (χ4v) is 2.71. The highest BCUT2D eigenvalue weighted by Crippen LogP contribution is 2.26. The van der Waals surface area contributed by atoms with Gasteiger partial charge in [0.25, 0.3) is 0 Å². The lowest BCUT2D eigenvalue weighted by atomic mass is 9.99. The van der Waals surface area contributed by atoms with E-state index in [1.165, 1.54) is 31.2 Å². The number of hydrogen-bond acceptors (Lipinski definition) is 3. The molecular formula is C15H25N3. The van der Waals surface area contributed by atoms with Crippen LogP contribution in [0.1, 0.15) is 44.2 Å². The van der Waals surface area contributed by atoms with E-state index >= 15 is 0 Å². The molecule has 0 bridgehead atoms. The zero-order valence-electron chi connectivity index (χ0n) is 11.4. The summed E-state index contributed by atoms with van der Waals surface area (Å²) in [5, 5.41) is 3.43. The Labute approximate surface area is 111 Å². The molecule has 0 amide bonds. The van der Waals surface area contributed by atoms with Crippen molar-refractivity contribution in [1.82, 2.24) is 15.2 Å². The van der Waals surface area contributed by atoms with Gasteiger partial charge in [-0.15, -0.1) is 0 Å². The largest absolute Gasteiger partial charge is 0.314 e. The van der Waals surface area contributed by atoms with Crippen LogP contribution in [0, 0.1) is 0 Å². The zero-order chi connectivity index (χ0) is 12.6. The summed E-state index contributed by atoms with van der Waals surface area (Å²) in [5.74, 6) is 0. The minimum atomic E-state index is 0.562. The first-order chi connectivity index (χ1) is 8.92. The van der Waals surface area contributed by atoms with Gasteiger partial charge in [-0.05, 0) is 18.1 Å². The summed E-state index contributed by atoms with van der Waals surface area (Å²) < 4.78 is 0. The van der Waals surface area contributed by atoms with Gasteiger partial charge in [0.05, 0.1) is 0 Å². The van der Waals surface area contributed by atoms with Crippen molar-refractivity contribution in [2.45, 2.75) is 38.6 Å². The lowest BCUT2D eigenvalue weighted by Crippen LogP contribution is -2.45. The molecule has 0 aliphatic carbocycles. The van der Waals surface area contributed by atoms with Crippen LogP contribution in [-0.2, 0) is 0 Å². The van der Waals surface area contributed by atoms with Crippen molar-refractivity contribution in [1.29, 1.82) is 0 Å². The lowest BCUT2D eigenvalue weighted by molar-refractivity contribution is 0.162. The van der Waals surface area contributed by atoms with Gasteiger partial charge in [0.1, 0.15) is 0 Å². The van der Waals surface area contributed by atoms with Crippen LogP contribution in [0.25, 0.3) is 0 Å². The van der Waals surface area contributed by atoms with Crippen LogP contribution in [0.3, 0.4) is 0 Å². The van der Waals surface area contributed by atoms with E-state index in [1.807, 2.05) is 12.4 Å². The molecule has 1 aromatic rings. The van der Waals surface area contributed by atoms with Crippen molar-refractivity contribution in [3.8, 4) is 0 Å². The molecule has 1 atom stereocenters. The highest BCUT2D eigenvalue weighted by molar-refractivity contribution is 5.14. The van der Waals surface area contributed by atoms with Gasteiger partial charge in [-0.2, -0.15) is 0 Å². The van der Waals surface area contributed by atoms with Gasteiger partial charge >= 0.3 is 0 Å². The second kappa shape index (κ2) is 7.49. The summed E-state index contributed by atoms with van der Waals surface area (Å²) in [5.41, 5.74) is 1.38. The summed E-state index contributed by atoms with van der Waals surface area (Å²) in [6.45, 7) is 6.82. The Morgan fingerprint density at radius 1 is 1.33 bits per heavy atom. The number of nitrogens with one attached hydrogen (secondary N) is 1. The van der Waals surface area contributed by atoms with Crippen LogP contribution in [-0.4, -0.2) is 36.1 Å². The zero-order valence-corrected chi connectivity index (χ0v) is 11.4. The Kier molecular flexibility index (Phi) is 5.62. The second-order valence-corrected chi connectivity index (χ2v) is 5.08. The van der Waals surface area contributed by atoms with Gasteiger partial charge in [-0.3, -0.25) is 9.88 Å². The predicted octanol–water partition coefficient (Wildman–Crippen LogP) is 2.61. The molecule has 100 valence electrons. The van der Waals surface area contributed by atoms with E-state index in [2.05, 4.69) is 34.3 Å². The Morgan fingerprint density at radius 3 is 2.83 bits per heavy atom. The molecule has 0 saturated carbocycles. The van der Waals surface area contributed by atoms with Crippen LogP contribution in [0.15, 0.2) is 24.5 Å².